The van der Waals surface area contributed by atoms with E-state index in [9.17, 15) is 49.9 Å². The maximum Gasteiger partial charge on any atom is 0.296 e. The molecule has 0 saturated carbocycles. The molecule has 6 N–H and O–H groups in total. The first kappa shape index (κ1) is 50.9. The number of carbonyl (C=O) groups is 5. The van der Waals surface area contributed by atoms with Crippen LogP contribution in [0.25, 0.3) is 0 Å². The molecular weight excluding hydrogens is 923 g/mol. The Morgan fingerprint density at radius 3 is 1.60 bits per heavy atom. The predicted octanol–water partition coefficient (Wildman–Crippen LogP) is 5.86. The lowest BCUT2D eigenvalue weighted by atomic mass is 10.1. The van der Waals surface area contributed by atoms with Crippen LogP contribution in [0.1, 0.15) is 35.3 Å². The maximum absolute atomic E-state index is 13.3. The fraction of sp³-hybridized carbons (Fsp3) is 0.237. The highest BCUT2D eigenvalue weighted by atomic mass is 32.2. The van der Waals surface area contributed by atoms with E-state index in [1.54, 1.807) is 6.92 Å². The van der Waals surface area contributed by atoms with Gasteiger partial charge in [0.05, 0.1) is 56.1 Å². The summed E-state index contributed by atoms with van der Waals surface area (Å²) in [4.78, 5) is 63.6. The average molecular weight is 962 g/mol. The number of benzene rings is 4. The molecule has 65 heavy (non-hydrogen) atoms. The van der Waals surface area contributed by atoms with Crippen LogP contribution in [0.2, 0.25) is 0 Å². The predicted molar refractivity (Wildman–Crippen MR) is 228 cm³/mol. The molecule has 24 nitrogen and oxygen atoms in total. The number of rotatable bonds is 20. The molecule has 0 fully saturated rings. The van der Waals surface area contributed by atoms with Gasteiger partial charge in [-0.1, -0.05) is 5.04 Å². The summed E-state index contributed by atoms with van der Waals surface area (Å²) in [6.07, 6.45) is 0. The number of carbonyl (C=O) groups excluding carboxylic acids is 5. The van der Waals surface area contributed by atoms with Gasteiger partial charge >= 0.3 is 0 Å². The van der Waals surface area contributed by atoms with Gasteiger partial charge in [0.25, 0.3) is 38.0 Å². The zero-order valence-electron chi connectivity index (χ0n) is 35.0. The second-order valence-electron chi connectivity index (χ2n) is 13.3. The molecule has 0 aliphatic heterocycles. The Hall–Kier alpha value is -6.72. The molecule has 346 valence electrons. The minimum atomic E-state index is -5.14. The van der Waals surface area contributed by atoms with E-state index in [0.29, 0.717) is 22.5 Å². The quantitative estimate of drug-likeness (QED) is 0.0151. The highest BCUT2D eigenvalue weighted by molar-refractivity contribution is 7.94. The number of anilines is 3. The fourth-order valence-corrected chi connectivity index (χ4v) is 7.35. The number of hydrogen-bond acceptors (Lipinski definition) is 20. The molecular formula is C38H39N7O17S3. The van der Waals surface area contributed by atoms with Crippen LogP contribution in [-0.4, -0.2) is 93.9 Å². The summed E-state index contributed by atoms with van der Waals surface area (Å²) in [5.74, 6) is -4.57. The number of Topliss-reactive ketones (excluding diaryl/α,β-unsaturated/α-hetero) is 2. The minimum absolute atomic E-state index is 0.00411. The van der Waals surface area contributed by atoms with Gasteiger partial charge in [0.2, 0.25) is 12.1 Å². The van der Waals surface area contributed by atoms with Crippen molar-refractivity contribution in [3.05, 3.63) is 77.4 Å². The second-order valence-corrected chi connectivity index (χ2v) is 16.8. The third-order valence-electron chi connectivity index (χ3n) is 8.72. The van der Waals surface area contributed by atoms with E-state index in [-0.39, 0.29) is 51.1 Å². The SMILES string of the molecule is COc1cc(N=NC(C(C)=O)C(=O)Nc2cc(C)c(S(=O)(=O)O)cc2OC)c(S(=O)(=O)O)cc1NC(=O)c1ccc(N=NC(C(C)=O)C(=O)Nc2cc(C)c(SOOO)cc2OC)cc1. The Morgan fingerprint density at radius 1 is 0.631 bits per heavy atom. The summed E-state index contributed by atoms with van der Waals surface area (Å²) >= 11 is 0.676. The van der Waals surface area contributed by atoms with Crippen molar-refractivity contribution in [1.29, 1.82) is 0 Å². The first-order valence-electron chi connectivity index (χ1n) is 18.1. The number of ketones is 2. The number of amides is 3. The summed E-state index contributed by atoms with van der Waals surface area (Å²) in [6.45, 7) is 5.09. The lowest BCUT2D eigenvalue weighted by Crippen LogP contribution is -2.32. The summed E-state index contributed by atoms with van der Waals surface area (Å²) in [6, 6.07) is 8.52. The van der Waals surface area contributed by atoms with E-state index < -0.39 is 77.1 Å². The van der Waals surface area contributed by atoms with Crippen molar-refractivity contribution in [3.8, 4) is 17.2 Å². The van der Waals surface area contributed by atoms with Crippen LogP contribution in [0.5, 0.6) is 17.2 Å². The molecule has 0 aromatic heterocycles. The van der Waals surface area contributed by atoms with Crippen molar-refractivity contribution in [1.82, 2.24) is 0 Å². The van der Waals surface area contributed by atoms with Gasteiger partial charge < -0.3 is 30.2 Å². The second kappa shape index (κ2) is 21.8. The largest absolute Gasteiger partial charge is 0.495 e. The van der Waals surface area contributed by atoms with Gasteiger partial charge in [-0.2, -0.15) is 37.3 Å². The normalized spacial score (nSPS) is 12.6. The topological polar surface area (TPSA) is 346 Å². The van der Waals surface area contributed by atoms with Crippen LogP contribution in [0.15, 0.2) is 95.8 Å². The first-order valence-corrected chi connectivity index (χ1v) is 21.7. The highest BCUT2D eigenvalue weighted by Gasteiger charge is 2.28. The van der Waals surface area contributed by atoms with Gasteiger partial charge in [-0.15, -0.1) is 4.33 Å². The third kappa shape index (κ3) is 13.2. The molecule has 27 heteroatoms. The molecule has 0 bridgehead atoms. The third-order valence-corrected chi connectivity index (χ3v) is 11.3. The summed E-state index contributed by atoms with van der Waals surface area (Å²) < 4.78 is 88.3. The number of nitrogens with one attached hydrogen (secondary N) is 3. The number of methoxy groups -OCH3 is 3. The van der Waals surface area contributed by atoms with E-state index in [1.165, 1.54) is 50.4 Å². The first-order chi connectivity index (χ1) is 30.5. The monoisotopic (exact) mass is 961 g/mol. The molecule has 2 unspecified atom stereocenters. The molecule has 3 amide bonds. The van der Waals surface area contributed by atoms with Crippen LogP contribution in [0.3, 0.4) is 0 Å². The van der Waals surface area contributed by atoms with Crippen LogP contribution >= 0.6 is 12.0 Å². The molecule has 0 aliphatic rings. The Morgan fingerprint density at radius 2 is 1.11 bits per heavy atom. The summed E-state index contributed by atoms with van der Waals surface area (Å²) in [7, 11) is -6.17. The smallest absolute Gasteiger partial charge is 0.296 e. The van der Waals surface area contributed by atoms with Gasteiger partial charge in [0.15, 0.2) is 11.6 Å². The maximum atomic E-state index is 13.3. The standard InChI is InChI=1S/C38H39N7O17S3/c1-18-12-24(29(59-6)16-31(18)63-62-61-51)40-37(49)34(20(3)46)44-42-23-10-8-22(9-11-23)36(48)39-26-15-33(65(55,56)57)27(14-28(26)58-5)43-45-35(21(4)47)38(50)41-25-13-19(2)32(64(52,53)54)17-30(25)60-7/h8-17,34-35,51H,1-7H3,(H,39,48)(H,40,49)(H,41,50)(H,52,53,54)(H,55,56,57). The van der Waals surface area contributed by atoms with Gasteiger partial charge in [-0.05, 0) is 87.4 Å². The van der Waals surface area contributed by atoms with E-state index in [4.69, 9.17) is 19.5 Å². The van der Waals surface area contributed by atoms with Gasteiger partial charge in [0.1, 0.15) is 32.7 Å². The van der Waals surface area contributed by atoms with Crippen LogP contribution < -0.4 is 30.2 Å². The van der Waals surface area contributed by atoms with Gasteiger partial charge in [-0.3, -0.25) is 33.1 Å². The van der Waals surface area contributed by atoms with Gasteiger partial charge in [0, 0.05) is 22.6 Å². The molecule has 0 aliphatic carbocycles. The lowest BCUT2D eigenvalue weighted by molar-refractivity contribution is -0.432. The lowest BCUT2D eigenvalue weighted by Gasteiger charge is -2.15. The van der Waals surface area contributed by atoms with Gasteiger partial charge in [-0.25, -0.2) is 5.26 Å². The van der Waals surface area contributed by atoms with Crippen molar-refractivity contribution in [2.75, 3.05) is 37.3 Å². The fourth-order valence-electron chi connectivity index (χ4n) is 5.55. The van der Waals surface area contributed by atoms with E-state index >= 15 is 0 Å². The highest BCUT2D eigenvalue weighted by Crippen LogP contribution is 2.38. The Labute approximate surface area is 374 Å². The summed E-state index contributed by atoms with van der Waals surface area (Å²) in [5.41, 5.74) is -0.151. The number of nitrogens with zero attached hydrogens (tertiary/aromatic N) is 4. The zero-order valence-corrected chi connectivity index (χ0v) is 37.4. The molecule has 0 heterocycles. The van der Waals surface area contributed by atoms with Crippen LogP contribution in [-0.2, 0) is 48.8 Å². The Bertz CT molecular complexity index is 2800. The molecule has 4 rings (SSSR count). The Kier molecular flexibility index (Phi) is 17.1. The molecule has 0 saturated heterocycles. The molecule has 0 spiro atoms. The summed E-state index contributed by atoms with van der Waals surface area (Å²) in [5, 5.41) is 34.7. The van der Waals surface area contributed by atoms with Crippen molar-refractivity contribution in [2.24, 2.45) is 20.5 Å². The van der Waals surface area contributed by atoms with Crippen LogP contribution in [0.4, 0.5) is 28.4 Å². The van der Waals surface area contributed by atoms with E-state index in [2.05, 4.69) is 45.8 Å². The van der Waals surface area contributed by atoms with Crippen molar-refractivity contribution in [2.45, 2.75) is 54.5 Å². The zero-order chi connectivity index (χ0) is 48.4. The Balaban J connectivity index is 1.54. The molecule has 4 aromatic rings. The molecule has 2 atom stereocenters. The van der Waals surface area contributed by atoms with E-state index in [1.807, 2.05) is 0 Å². The van der Waals surface area contributed by atoms with Crippen molar-refractivity contribution < 1.29 is 78.8 Å². The van der Waals surface area contributed by atoms with E-state index in [0.717, 1.165) is 52.3 Å². The van der Waals surface area contributed by atoms with Crippen molar-refractivity contribution >= 4 is 90.0 Å². The number of azo groups is 2. The minimum Gasteiger partial charge on any atom is -0.495 e. The number of ether oxygens (including phenoxy) is 3. The molecule has 0 radical (unpaired) electrons. The average Bonchev–Trinajstić information content (AvgIpc) is 3.22. The number of aryl methyl sites for hydroxylation is 2. The molecule has 4 aromatic carbocycles. The van der Waals surface area contributed by atoms with Crippen molar-refractivity contribution in [3.63, 3.8) is 0 Å². The van der Waals surface area contributed by atoms with Crippen LogP contribution in [0, 0.1) is 13.8 Å². The number of hydrogen-bond donors (Lipinski definition) is 6.